The second-order valence-electron chi connectivity index (χ2n) is 8.96. The highest BCUT2D eigenvalue weighted by Gasteiger charge is 2.43. The maximum atomic E-state index is 12.6. The zero-order chi connectivity index (χ0) is 23.6. The van der Waals surface area contributed by atoms with Crippen molar-refractivity contribution in [3.63, 3.8) is 0 Å². The van der Waals surface area contributed by atoms with Gasteiger partial charge >= 0.3 is 18.1 Å². The minimum Gasteiger partial charge on any atom is -0.480 e. The van der Waals surface area contributed by atoms with Gasteiger partial charge in [0.2, 0.25) is 6.67 Å². The third-order valence-corrected chi connectivity index (χ3v) is 5.32. The van der Waals surface area contributed by atoms with Gasteiger partial charge in [0, 0.05) is 13.3 Å². The highest BCUT2D eigenvalue weighted by atomic mass is 16.6. The summed E-state index contributed by atoms with van der Waals surface area (Å²) in [5, 5.41) is 9.65. The van der Waals surface area contributed by atoms with Crippen molar-refractivity contribution >= 4 is 28.8 Å². The Morgan fingerprint density at radius 1 is 1.34 bits per heavy atom. The second-order valence-corrected chi connectivity index (χ2v) is 8.96. The number of carboxylic acid groups (broad SMARTS) is 1. The summed E-state index contributed by atoms with van der Waals surface area (Å²) in [6.45, 7) is 11.6. The number of hydrogen-bond donors (Lipinski definition) is 1. The molecule has 1 aliphatic rings. The number of ether oxygens (including phenoxy) is 2. The van der Waals surface area contributed by atoms with E-state index in [4.69, 9.17) is 9.47 Å². The molecule has 0 bridgehead atoms. The Labute approximate surface area is 187 Å². The van der Waals surface area contributed by atoms with E-state index >= 15 is 0 Å². The summed E-state index contributed by atoms with van der Waals surface area (Å²) in [5.41, 5.74) is 1.92. The van der Waals surface area contributed by atoms with Crippen molar-refractivity contribution in [3.8, 4) is 6.01 Å². The smallest absolute Gasteiger partial charge is 0.411 e. The van der Waals surface area contributed by atoms with E-state index in [9.17, 15) is 14.7 Å². The first-order valence-electron chi connectivity index (χ1n) is 10.5. The first-order chi connectivity index (χ1) is 15.0. The molecular weight excluding hydrogens is 412 g/mol. The quantitative estimate of drug-likeness (QED) is 0.544. The van der Waals surface area contributed by atoms with E-state index in [-0.39, 0.29) is 13.0 Å². The van der Waals surface area contributed by atoms with Crippen LogP contribution in [0.15, 0.2) is 36.9 Å². The molecule has 1 aliphatic heterocycles. The largest absolute Gasteiger partial charge is 0.480 e. The van der Waals surface area contributed by atoms with Crippen LogP contribution in [0.1, 0.15) is 34.1 Å². The van der Waals surface area contributed by atoms with E-state index in [1.165, 1.54) is 4.90 Å². The Morgan fingerprint density at radius 2 is 2.03 bits per heavy atom. The average Bonchev–Trinajstić information content (AvgIpc) is 3.28. The molecule has 1 amide bonds. The molecule has 2 atom stereocenters. The first kappa shape index (κ1) is 23.3. The average molecular weight is 444 g/mol. The normalized spacial score (nSPS) is 19.6. The maximum Gasteiger partial charge on any atom is 0.411 e. The number of nitrogens with zero attached hydrogens (tertiary/aromatic N) is 4. The van der Waals surface area contributed by atoms with Crippen molar-refractivity contribution in [3.05, 3.63) is 36.9 Å². The molecule has 2 unspecified atom stereocenters. The second kappa shape index (κ2) is 9.02. The van der Waals surface area contributed by atoms with Crippen LogP contribution in [-0.4, -0.2) is 73.2 Å². The van der Waals surface area contributed by atoms with E-state index in [0.29, 0.717) is 12.7 Å². The fourth-order valence-electron chi connectivity index (χ4n) is 3.55. The molecule has 2 aromatic rings. The summed E-state index contributed by atoms with van der Waals surface area (Å²) >= 11 is 0. The fraction of sp³-hybridized carbons (Fsp3) is 0.478. The molecule has 172 valence electrons. The van der Waals surface area contributed by atoms with E-state index in [1.807, 2.05) is 47.4 Å². The fourth-order valence-corrected chi connectivity index (χ4v) is 3.55. The van der Waals surface area contributed by atoms with Crippen molar-refractivity contribution in [1.29, 1.82) is 0 Å². The molecule has 32 heavy (non-hydrogen) atoms. The number of carbonyl (C=O) groups is 2. The van der Waals surface area contributed by atoms with E-state index < -0.39 is 29.8 Å². The Morgan fingerprint density at radius 3 is 2.66 bits per heavy atom. The number of imidazole rings is 1. The number of carbonyl (C=O) groups excluding carboxylic acids is 1. The minimum absolute atomic E-state index is 0.0999. The lowest BCUT2D eigenvalue weighted by Crippen LogP contribution is -2.43. The third-order valence-electron chi connectivity index (χ3n) is 5.32. The summed E-state index contributed by atoms with van der Waals surface area (Å²) in [4.78, 5) is 30.2. The molecule has 1 aromatic carbocycles. The molecule has 0 spiro atoms. The van der Waals surface area contributed by atoms with Crippen LogP contribution in [0.4, 0.5) is 4.79 Å². The van der Waals surface area contributed by atoms with Crippen molar-refractivity contribution in [2.75, 3.05) is 13.6 Å². The minimum atomic E-state index is -1.09. The molecule has 0 radical (unpaired) electrons. The first-order valence-corrected chi connectivity index (χ1v) is 10.5. The van der Waals surface area contributed by atoms with Crippen molar-refractivity contribution in [2.24, 2.45) is 0 Å². The number of allylic oxidation sites excluding steroid dienone is 1. The predicted octanol–water partition coefficient (Wildman–Crippen LogP) is 3.12. The molecule has 1 aromatic heterocycles. The van der Waals surface area contributed by atoms with Crippen molar-refractivity contribution in [1.82, 2.24) is 14.5 Å². The number of benzene rings is 1. The van der Waals surface area contributed by atoms with Gasteiger partial charge in [-0.25, -0.2) is 18.7 Å². The Hall–Kier alpha value is -3.36. The SMILES string of the molecule is C=CC(C)=[N+](C)Cn1c(OC2CC(C(=O)O)N(C(=O)OC(C)(C)C)C2)nc2ccccc21. The number of fused-ring (bicyclic) bond motifs is 1. The molecule has 1 saturated heterocycles. The van der Waals surface area contributed by atoms with Crippen LogP contribution < -0.4 is 4.74 Å². The van der Waals surface area contributed by atoms with Gasteiger partial charge < -0.3 is 14.6 Å². The number of para-hydroxylation sites is 2. The lowest BCUT2D eigenvalue weighted by Gasteiger charge is -2.26. The standard InChI is InChI=1S/C23H30N4O5/c1-7-15(2)25(6)14-27-18-11-9-8-10-17(18)24-21(27)31-16-12-19(20(28)29)26(13-16)22(30)32-23(3,4)5/h7-11,16,19H,1,12-14H2,2-6H3/p+1. The molecule has 2 heterocycles. The van der Waals surface area contributed by atoms with Gasteiger partial charge in [-0.1, -0.05) is 18.7 Å². The van der Waals surface area contributed by atoms with Crippen LogP contribution in [0.2, 0.25) is 0 Å². The maximum absolute atomic E-state index is 12.6. The third kappa shape index (κ3) is 5.09. The Bertz CT molecular complexity index is 1070. The van der Waals surface area contributed by atoms with E-state index in [0.717, 1.165) is 16.7 Å². The van der Waals surface area contributed by atoms with Crippen molar-refractivity contribution in [2.45, 2.75) is 58.5 Å². The molecule has 0 aliphatic carbocycles. The molecule has 9 heteroatoms. The Kier molecular flexibility index (Phi) is 6.57. The van der Waals surface area contributed by atoms with Gasteiger partial charge in [-0.05, 0) is 39.0 Å². The number of likely N-dealkylation sites (tertiary alicyclic amines) is 1. The molecule has 0 saturated carbocycles. The van der Waals surface area contributed by atoms with Gasteiger partial charge in [-0.15, -0.1) is 0 Å². The predicted molar refractivity (Wildman–Crippen MR) is 120 cm³/mol. The number of hydrogen-bond acceptors (Lipinski definition) is 5. The number of aromatic nitrogens is 2. The van der Waals surface area contributed by atoms with Gasteiger partial charge in [0.15, 0.2) is 5.71 Å². The summed E-state index contributed by atoms with van der Waals surface area (Å²) in [6.07, 6.45) is 0.715. The van der Waals surface area contributed by atoms with Gasteiger partial charge in [-0.2, -0.15) is 4.98 Å². The van der Waals surface area contributed by atoms with Crippen LogP contribution >= 0.6 is 0 Å². The van der Waals surface area contributed by atoms with Crippen molar-refractivity contribution < 1.29 is 28.7 Å². The van der Waals surface area contributed by atoms with Gasteiger partial charge in [0.1, 0.15) is 24.8 Å². The molecule has 1 fully saturated rings. The summed E-state index contributed by atoms with van der Waals surface area (Å²) in [6, 6.07) is 7.02. The highest BCUT2D eigenvalue weighted by molar-refractivity contribution is 5.87. The number of rotatable bonds is 6. The van der Waals surface area contributed by atoms with Crippen LogP contribution in [-0.2, 0) is 16.2 Å². The summed E-state index contributed by atoms with van der Waals surface area (Å²) in [7, 11) is 1.94. The summed E-state index contributed by atoms with van der Waals surface area (Å²) < 4.78 is 15.5. The zero-order valence-corrected chi connectivity index (χ0v) is 19.2. The van der Waals surface area contributed by atoms with Crippen LogP contribution in [0.5, 0.6) is 6.01 Å². The van der Waals surface area contributed by atoms with Crippen LogP contribution in [0.3, 0.4) is 0 Å². The lowest BCUT2D eigenvalue weighted by atomic mass is 10.2. The zero-order valence-electron chi connectivity index (χ0n) is 19.2. The monoisotopic (exact) mass is 443 g/mol. The molecule has 3 rings (SSSR count). The molecule has 1 N–H and O–H groups in total. The molecule has 9 nitrogen and oxygen atoms in total. The highest BCUT2D eigenvalue weighted by Crippen LogP contribution is 2.27. The Balaban J connectivity index is 1.89. The van der Waals surface area contributed by atoms with Crippen LogP contribution in [0.25, 0.3) is 11.0 Å². The number of aliphatic carboxylic acids is 1. The van der Waals surface area contributed by atoms with Gasteiger partial charge in [0.05, 0.1) is 17.6 Å². The summed E-state index contributed by atoms with van der Waals surface area (Å²) in [5.74, 6) is -1.09. The number of carboxylic acids is 1. The molecular formula is C23H31N4O5+. The topological polar surface area (TPSA) is 96.9 Å². The lowest BCUT2D eigenvalue weighted by molar-refractivity contribution is -0.529. The number of amides is 1. The van der Waals surface area contributed by atoms with Crippen LogP contribution in [0, 0.1) is 0 Å². The van der Waals surface area contributed by atoms with Gasteiger partial charge in [-0.3, -0.25) is 4.90 Å². The van der Waals surface area contributed by atoms with E-state index in [2.05, 4.69) is 11.6 Å². The van der Waals surface area contributed by atoms with E-state index in [1.54, 1.807) is 26.8 Å². The van der Waals surface area contributed by atoms with Gasteiger partial charge in [0.25, 0.3) is 0 Å².